The van der Waals surface area contributed by atoms with Crippen LogP contribution in [0.25, 0.3) is 70.7 Å². The lowest BCUT2D eigenvalue weighted by atomic mass is 10.1. The Hall–Kier alpha value is -6.67. The van der Waals surface area contributed by atoms with Crippen molar-refractivity contribution in [1.82, 2.24) is 19.5 Å². The highest BCUT2D eigenvalue weighted by Gasteiger charge is 2.23. The topological polar surface area (TPSA) is 67.1 Å². The van der Waals surface area contributed by atoms with Crippen LogP contribution in [0.2, 0.25) is 0 Å². The van der Waals surface area contributed by atoms with E-state index < -0.39 is 0 Å². The predicted molar refractivity (Wildman–Crippen MR) is 219 cm³/mol. The maximum absolute atomic E-state index is 9.92. The van der Waals surface area contributed by atoms with Crippen molar-refractivity contribution < 1.29 is 5.11 Å². The summed E-state index contributed by atoms with van der Waals surface area (Å²) >= 11 is 1.81. The monoisotopic (exact) mass is 701 g/mol. The number of aliphatic hydroxyl groups excluding tert-OH is 1. The number of hydrogen-bond donors (Lipinski definition) is 1. The molecule has 53 heavy (non-hydrogen) atoms. The number of anilines is 3. The van der Waals surface area contributed by atoms with Crippen molar-refractivity contribution >= 4 is 70.4 Å². The van der Waals surface area contributed by atoms with E-state index in [-0.39, 0.29) is 6.61 Å². The van der Waals surface area contributed by atoms with Gasteiger partial charge in [0.2, 0.25) is 5.95 Å². The van der Waals surface area contributed by atoms with E-state index in [0.29, 0.717) is 17.6 Å². The predicted octanol–water partition coefficient (Wildman–Crippen LogP) is 11.6. The van der Waals surface area contributed by atoms with Gasteiger partial charge in [0.15, 0.2) is 11.6 Å². The number of fused-ring (bicyclic) bond motifs is 6. The fraction of sp³-hybridized carbons (Fsp3) is 0.0217. The molecule has 0 unspecified atom stereocenters. The first-order valence-corrected chi connectivity index (χ1v) is 18.4. The van der Waals surface area contributed by atoms with Gasteiger partial charge in [-0.05, 0) is 60.2 Å². The summed E-state index contributed by atoms with van der Waals surface area (Å²) in [6.07, 6.45) is 0. The molecule has 252 valence electrons. The number of aliphatic hydroxyl groups is 1. The van der Waals surface area contributed by atoms with Gasteiger partial charge in [-0.25, -0.2) is 4.98 Å². The van der Waals surface area contributed by atoms with Crippen LogP contribution in [0.15, 0.2) is 170 Å². The summed E-state index contributed by atoms with van der Waals surface area (Å²) in [4.78, 5) is 17.6. The van der Waals surface area contributed by atoms with E-state index in [4.69, 9.17) is 15.0 Å². The Morgan fingerprint density at radius 2 is 1.11 bits per heavy atom. The van der Waals surface area contributed by atoms with E-state index >= 15 is 0 Å². The van der Waals surface area contributed by atoms with Gasteiger partial charge < -0.3 is 10.0 Å². The first kappa shape index (κ1) is 31.1. The van der Waals surface area contributed by atoms with Crippen molar-refractivity contribution in [2.75, 3.05) is 4.90 Å². The minimum atomic E-state index is -0.0158. The number of aromatic nitrogens is 4. The van der Waals surface area contributed by atoms with Gasteiger partial charge in [-0.1, -0.05) is 115 Å². The largest absolute Gasteiger partial charge is 0.392 e. The molecule has 0 saturated carbocycles. The lowest BCUT2D eigenvalue weighted by Gasteiger charge is -2.27. The highest BCUT2D eigenvalue weighted by molar-refractivity contribution is 7.25. The number of nitrogens with zero attached hydrogens (tertiary/aromatic N) is 5. The second-order valence-electron chi connectivity index (χ2n) is 13.0. The van der Waals surface area contributed by atoms with Crippen LogP contribution in [-0.2, 0) is 6.61 Å². The smallest absolute Gasteiger partial charge is 0.238 e. The lowest BCUT2D eigenvalue weighted by molar-refractivity contribution is 0.282. The van der Waals surface area contributed by atoms with Crippen LogP contribution in [0.3, 0.4) is 0 Å². The van der Waals surface area contributed by atoms with Gasteiger partial charge in [0.1, 0.15) is 0 Å². The molecule has 7 heteroatoms. The standard InChI is InChI=1S/C46H31N5OS/c52-29-30-22-24-33(25-23-30)50(34-26-27-42-37(28-34)35-16-8-10-21-41(35)53-42)39-19-11-20-40-43(39)36-17-7-9-18-38(36)51(40)46-48-44(31-12-3-1-4-13-31)47-45(49-46)32-14-5-2-6-15-32/h1-28,52H,29H2. The third kappa shape index (κ3) is 5.33. The van der Waals surface area contributed by atoms with E-state index in [1.54, 1.807) is 0 Å². The molecular weight excluding hydrogens is 671 g/mol. The van der Waals surface area contributed by atoms with Crippen LogP contribution in [0, 0.1) is 0 Å². The van der Waals surface area contributed by atoms with E-state index in [1.165, 1.54) is 20.2 Å². The normalized spacial score (nSPS) is 11.6. The fourth-order valence-corrected chi connectivity index (χ4v) is 8.42. The summed E-state index contributed by atoms with van der Waals surface area (Å²) in [5.41, 5.74) is 7.73. The molecule has 0 spiro atoms. The van der Waals surface area contributed by atoms with Gasteiger partial charge >= 0.3 is 0 Å². The molecule has 0 fully saturated rings. The van der Waals surface area contributed by atoms with Crippen molar-refractivity contribution in [3.63, 3.8) is 0 Å². The summed E-state index contributed by atoms with van der Waals surface area (Å²) in [7, 11) is 0. The zero-order chi connectivity index (χ0) is 35.3. The Bertz CT molecular complexity index is 2880. The van der Waals surface area contributed by atoms with Crippen LogP contribution >= 0.6 is 11.3 Å². The first-order chi connectivity index (χ1) is 26.2. The highest BCUT2D eigenvalue weighted by Crippen LogP contribution is 2.45. The van der Waals surface area contributed by atoms with E-state index in [1.807, 2.05) is 84.1 Å². The molecule has 0 atom stereocenters. The fourth-order valence-electron chi connectivity index (χ4n) is 7.33. The number of para-hydroxylation sites is 1. The van der Waals surface area contributed by atoms with Gasteiger partial charge in [0.25, 0.3) is 0 Å². The van der Waals surface area contributed by atoms with Gasteiger partial charge in [0, 0.05) is 53.4 Å². The second-order valence-corrected chi connectivity index (χ2v) is 14.1. The molecule has 6 nitrogen and oxygen atoms in total. The molecule has 0 radical (unpaired) electrons. The summed E-state index contributed by atoms with van der Waals surface area (Å²) < 4.78 is 4.68. The second kappa shape index (κ2) is 12.8. The van der Waals surface area contributed by atoms with Crippen LogP contribution in [0.5, 0.6) is 0 Å². The molecule has 10 aromatic rings. The van der Waals surface area contributed by atoms with Crippen LogP contribution in [0.4, 0.5) is 17.1 Å². The molecule has 10 rings (SSSR count). The molecular formula is C46H31N5OS. The SMILES string of the molecule is OCc1ccc(N(c2ccc3sc4ccccc4c3c2)c2cccc3c2c2ccccc2n3-c2nc(-c3ccccc3)nc(-c3ccccc3)n2)cc1. The summed E-state index contributed by atoms with van der Waals surface area (Å²) in [6, 6.07) is 58.6. The number of hydrogen-bond acceptors (Lipinski definition) is 6. The number of rotatable bonds is 7. The highest BCUT2D eigenvalue weighted by atomic mass is 32.1. The minimum Gasteiger partial charge on any atom is -0.392 e. The molecule has 3 aromatic heterocycles. The zero-order valence-electron chi connectivity index (χ0n) is 28.5. The third-order valence-electron chi connectivity index (χ3n) is 9.80. The minimum absolute atomic E-state index is 0.0158. The summed E-state index contributed by atoms with van der Waals surface area (Å²) in [5, 5.41) is 14.6. The summed E-state index contributed by atoms with van der Waals surface area (Å²) in [6.45, 7) is -0.0158. The number of benzene rings is 7. The van der Waals surface area contributed by atoms with E-state index in [9.17, 15) is 5.11 Å². The number of thiophene rings is 1. The van der Waals surface area contributed by atoms with Crippen LogP contribution in [-0.4, -0.2) is 24.6 Å². The van der Waals surface area contributed by atoms with Crippen molar-refractivity contribution in [1.29, 1.82) is 0 Å². The molecule has 0 amide bonds. The Kier molecular flexibility index (Phi) is 7.53. The van der Waals surface area contributed by atoms with Crippen molar-refractivity contribution in [2.45, 2.75) is 6.61 Å². The molecule has 0 saturated heterocycles. The Labute approximate surface area is 309 Å². The molecule has 1 N–H and O–H groups in total. The maximum atomic E-state index is 9.92. The zero-order valence-corrected chi connectivity index (χ0v) is 29.3. The first-order valence-electron chi connectivity index (χ1n) is 17.5. The maximum Gasteiger partial charge on any atom is 0.238 e. The van der Waals surface area contributed by atoms with Gasteiger partial charge in [-0.3, -0.25) is 4.57 Å². The van der Waals surface area contributed by atoms with Gasteiger partial charge in [-0.2, -0.15) is 9.97 Å². The molecule has 0 aliphatic rings. The van der Waals surface area contributed by atoms with Gasteiger partial charge in [0.05, 0.1) is 23.3 Å². The van der Waals surface area contributed by atoms with Crippen molar-refractivity contribution in [3.05, 3.63) is 175 Å². The van der Waals surface area contributed by atoms with Crippen LogP contribution in [0.1, 0.15) is 5.56 Å². The van der Waals surface area contributed by atoms with Gasteiger partial charge in [-0.15, -0.1) is 11.3 Å². The molecule has 0 aliphatic heterocycles. The summed E-state index contributed by atoms with van der Waals surface area (Å²) in [5.74, 6) is 1.77. The van der Waals surface area contributed by atoms with Crippen LogP contribution < -0.4 is 4.90 Å². The molecule has 0 bridgehead atoms. The Balaban J connectivity index is 1.25. The molecule has 3 heterocycles. The lowest BCUT2D eigenvalue weighted by Crippen LogP contribution is -2.10. The molecule has 7 aromatic carbocycles. The third-order valence-corrected chi connectivity index (χ3v) is 11.0. The quantitative estimate of drug-likeness (QED) is 0.179. The molecule has 0 aliphatic carbocycles. The van der Waals surface area contributed by atoms with E-state index in [0.717, 1.165) is 55.6 Å². The van der Waals surface area contributed by atoms with E-state index in [2.05, 4.69) is 107 Å². The average molecular weight is 702 g/mol. The van der Waals surface area contributed by atoms with Crippen molar-refractivity contribution in [2.24, 2.45) is 0 Å². The van der Waals surface area contributed by atoms with Crippen molar-refractivity contribution in [3.8, 4) is 28.7 Å². The average Bonchev–Trinajstić information content (AvgIpc) is 3.78. The Morgan fingerprint density at radius 1 is 0.509 bits per heavy atom. The Morgan fingerprint density at radius 3 is 1.83 bits per heavy atom.